The van der Waals surface area contributed by atoms with Crippen LogP contribution in [0.1, 0.15) is 45.7 Å². The summed E-state index contributed by atoms with van der Waals surface area (Å²) in [6, 6.07) is 16.3. The molecule has 0 N–H and O–H groups in total. The zero-order valence-electron chi connectivity index (χ0n) is 18.8. The highest BCUT2D eigenvalue weighted by Crippen LogP contribution is 2.40. The Balaban J connectivity index is 1.69. The highest BCUT2D eigenvalue weighted by molar-refractivity contribution is 8.18. The molecule has 0 unspecified atom stereocenters. The molecule has 0 saturated carbocycles. The Morgan fingerprint density at radius 1 is 1.06 bits per heavy atom. The first kappa shape index (κ1) is 21.4. The van der Waals surface area contributed by atoms with Crippen molar-refractivity contribution < 1.29 is 4.79 Å². The number of nitrogens with zero attached hydrogens (tertiary/aromatic N) is 3. The van der Waals surface area contributed by atoms with Gasteiger partial charge in [0.1, 0.15) is 0 Å². The first-order valence-electron chi connectivity index (χ1n) is 10.8. The molecule has 1 amide bonds. The number of carbonyl (C=O) groups is 1. The second kappa shape index (κ2) is 8.39. The van der Waals surface area contributed by atoms with Crippen LogP contribution in [0.25, 0.3) is 11.6 Å². The maximum absolute atomic E-state index is 13.0. The molecule has 0 bridgehead atoms. The van der Waals surface area contributed by atoms with Crippen LogP contribution >= 0.6 is 11.8 Å². The summed E-state index contributed by atoms with van der Waals surface area (Å²) in [5.41, 5.74) is 5.65. The van der Waals surface area contributed by atoms with Crippen molar-refractivity contribution in [2.75, 3.05) is 18.0 Å². The summed E-state index contributed by atoms with van der Waals surface area (Å²) in [6.07, 6.45) is 4.32. The van der Waals surface area contributed by atoms with Gasteiger partial charge in [-0.15, -0.1) is 0 Å². The topological polar surface area (TPSA) is 35.9 Å². The molecular weight excluding hydrogens is 402 g/mol. The summed E-state index contributed by atoms with van der Waals surface area (Å²) in [6.45, 7) is 12.4. The average Bonchev–Trinajstić information content (AvgIpc) is 3.02. The fraction of sp³-hybridized carbons (Fsp3) is 0.308. The maximum atomic E-state index is 13.0. The van der Waals surface area contributed by atoms with Gasteiger partial charge in [0.05, 0.1) is 16.1 Å². The van der Waals surface area contributed by atoms with Crippen LogP contribution in [0.3, 0.4) is 0 Å². The van der Waals surface area contributed by atoms with Gasteiger partial charge < -0.3 is 4.90 Å². The molecule has 4 nitrogen and oxygen atoms in total. The summed E-state index contributed by atoms with van der Waals surface area (Å²) in [5, 5.41) is 0.734. The van der Waals surface area contributed by atoms with Gasteiger partial charge in [0.15, 0.2) is 5.17 Å². The molecule has 0 radical (unpaired) electrons. The van der Waals surface area contributed by atoms with E-state index in [4.69, 9.17) is 4.99 Å². The van der Waals surface area contributed by atoms with Gasteiger partial charge in [-0.3, -0.25) is 9.69 Å². The van der Waals surface area contributed by atoms with Gasteiger partial charge in [0.2, 0.25) is 0 Å². The van der Waals surface area contributed by atoms with Crippen molar-refractivity contribution in [3.05, 3.63) is 70.6 Å². The van der Waals surface area contributed by atoms with Gasteiger partial charge in [-0.05, 0) is 87.9 Å². The molecule has 1 saturated heterocycles. The van der Waals surface area contributed by atoms with Crippen LogP contribution in [0.2, 0.25) is 0 Å². The summed E-state index contributed by atoms with van der Waals surface area (Å²) < 4.78 is 0. The highest BCUT2D eigenvalue weighted by atomic mass is 32.2. The number of thioether (sulfide) groups is 1. The number of amidine groups is 1. The Morgan fingerprint density at radius 2 is 1.81 bits per heavy atom. The molecule has 2 aromatic rings. The smallest absolute Gasteiger partial charge is 0.266 e. The first-order valence-corrected chi connectivity index (χ1v) is 11.6. The van der Waals surface area contributed by atoms with Crippen LogP contribution in [0.15, 0.2) is 64.5 Å². The van der Waals surface area contributed by atoms with Crippen molar-refractivity contribution in [2.24, 2.45) is 4.99 Å². The van der Waals surface area contributed by atoms with Crippen molar-refractivity contribution in [2.45, 2.75) is 40.2 Å². The van der Waals surface area contributed by atoms with Gasteiger partial charge in [0.25, 0.3) is 5.91 Å². The number of amides is 1. The number of allylic oxidation sites excluding steroid dienone is 1. The zero-order valence-corrected chi connectivity index (χ0v) is 19.7. The first-order chi connectivity index (χ1) is 14.8. The lowest BCUT2D eigenvalue weighted by Gasteiger charge is -2.42. The maximum Gasteiger partial charge on any atom is 0.266 e. The van der Waals surface area contributed by atoms with Gasteiger partial charge in [-0.25, -0.2) is 4.99 Å². The SMILES string of the molecule is CCN1C(=O)/C(=C/c2ccc3c(c2)C(C)=CC(C)(C)N3CC)SC1=Nc1ccccc1. The lowest BCUT2D eigenvalue weighted by atomic mass is 9.88. The molecule has 0 aliphatic carbocycles. The van der Waals surface area contributed by atoms with E-state index in [1.54, 1.807) is 4.90 Å². The second-order valence-electron chi connectivity index (χ2n) is 8.39. The third kappa shape index (κ3) is 4.07. The molecule has 2 aliphatic heterocycles. The molecule has 4 rings (SSSR count). The van der Waals surface area contributed by atoms with Crippen LogP contribution < -0.4 is 4.90 Å². The quantitative estimate of drug-likeness (QED) is 0.531. The Hall–Kier alpha value is -2.79. The predicted octanol–water partition coefficient (Wildman–Crippen LogP) is 6.33. The summed E-state index contributed by atoms with van der Waals surface area (Å²) in [7, 11) is 0. The van der Waals surface area contributed by atoms with E-state index >= 15 is 0 Å². The predicted molar refractivity (Wildman–Crippen MR) is 134 cm³/mol. The summed E-state index contributed by atoms with van der Waals surface area (Å²) in [4.78, 5) is 22.6. The standard InChI is InChI=1S/C26H29N3OS/c1-6-28-24(30)23(31-25(28)27-20-11-9-8-10-12-20)16-19-13-14-22-21(15-19)18(3)17-26(4,5)29(22)7-2/h8-17H,6-7H2,1-5H3/b23-16-,27-25?. The van der Waals surface area contributed by atoms with Crippen LogP contribution in [0, 0.1) is 0 Å². The Bertz CT molecular complexity index is 1100. The Morgan fingerprint density at radius 3 is 2.48 bits per heavy atom. The molecule has 2 aromatic carbocycles. The van der Waals surface area contributed by atoms with E-state index in [9.17, 15) is 4.79 Å². The van der Waals surface area contributed by atoms with Crippen molar-refractivity contribution in [1.82, 2.24) is 4.90 Å². The van der Waals surface area contributed by atoms with Crippen LogP contribution in [-0.2, 0) is 4.79 Å². The van der Waals surface area contributed by atoms with Gasteiger partial charge in [0, 0.05) is 24.3 Å². The fourth-order valence-corrected chi connectivity index (χ4v) is 5.47. The summed E-state index contributed by atoms with van der Waals surface area (Å²) >= 11 is 1.45. The third-order valence-electron chi connectivity index (χ3n) is 5.80. The van der Waals surface area contributed by atoms with Gasteiger partial charge in [-0.2, -0.15) is 0 Å². The molecule has 2 heterocycles. The van der Waals surface area contributed by atoms with Crippen LogP contribution in [0.4, 0.5) is 11.4 Å². The Labute approximate surface area is 189 Å². The van der Waals surface area contributed by atoms with E-state index in [0.717, 1.165) is 23.0 Å². The number of hydrogen-bond acceptors (Lipinski definition) is 4. The minimum atomic E-state index is -0.00643. The molecule has 2 aliphatic rings. The van der Waals surface area contributed by atoms with Crippen molar-refractivity contribution >= 4 is 45.9 Å². The largest absolute Gasteiger partial charge is 0.363 e. The zero-order chi connectivity index (χ0) is 22.2. The van der Waals surface area contributed by atoms with Crippen molar-refractivity contribution in [3.63, 3.8) is 0 Å². The van der Waals surface area contributed by atoms with E-state index in [0.29, 0.717) is 11.4 Å². The monoisotopic (exact) mass is 431 g/mol. The van der Waals surface area contributed by atoms with E-state index < -0.39 is 0 Å². The number of anilines is 1. The molecule has 31 heavy (non-hydrogen) atoms. The number of likely N-dealkylation sites (N-methyl/N-ethyl adjacent to an activating group) is 2. The summed E-state index contributed by atoms with van der Waals surface area (Å²) in [5.74, 6) is 0.0171. The molecule has 0 aromatic heterocycles. The van der Waals surface area contributed by atoms with Gasteiger partial charge in [-0.1, -0.05) is 30.3 Å². The van der Waals surface area contributed by atoms with Crippen LogP contribution in [-0.4, -0.2) is 34.6 Å². The third-order valence-corrected chi connectivity index (χ3v) is 6.81. The minimum absolute atomic E-state index is 0.00643. The molecule has 0 atom stereocenters. The molecular formula is C26H29N3OS. The van der Waals surface area contributed by atoms with E-state index in [2.05, 4.69) is 56.9 Å². The van der Waals surface area contributed by atoms with Crippen molar-refractivity contribution in [1.29, 1.82) is 0 Å². The van der Waals surface area contributed by atoms with Crippen LogP contribution in [0.5, 0.6) is 0 Å². The lowest BCUT2D eigenvalue weighted by molar-refractivity contribution is -0.122. The lowest BCUT2D eigenvalue weighted by Crippen LogP contribution is -2.44. The molecule has 160 valence electrons. The number of benzene rings is 2. The fourth-order valence-electron chi connectivity index (χ4n) is 4.40. The number of para-hydroxylation sites is 1. The Kier molecular flexibility index (Phi) is 5.80. The molecule has 1 fully saturated rings. The highest BCUT2D eigenvalue weighted by Gasteiger charge is 2.33. The van der Waals surface area contributed by atoms with Gasteiger partial charge >= 0.3 is 0 Å². The van der Waals surface area contributed by atoms with E-state index in [-0.39, 0.29) is 11.4 Å². The number of rotatable bonds is 4. The average molecular weight is 432 g/mol. The van der Waals surface area contributed by atoms with E-state index in [1.807, 2.05) is 43.3 Å². The minimum Gasteiger partial charge on any atom is -0.363 e. The van der Waals surface area contributed by atoms with E-state index in [1.165, 1.54) is 28.6 Å². The normalized spacial score (nSPS) is 20.4. The van der Waals surface area contributed by atoms with Crippen molar-refractivity contribution in [3.8, 4) is 0 Å². The number of carbonyl (C=O) groups excluding carboxylic acids is 1. The second-order valence-corrected chi connectivity index (χ2v) is 9.40. The number of hydrogen-bond donors (Lipinski definition) is 0. The molecule has 0 spiro atoms. The number of aliphatic imine (C=N–C) groups is 1. The number of fused-ring (bicyclic) bond motifs is 1. The molecule has 5 heteroatoms.